The lowest BCUT2D eigenvalue weighted by atomic mass is 10.0. The van der Waals surface area contributed by atoms with Crippen molar-refractivity contribution < 1.29 is 32.3 Å². The van der Waals surface area contributed by atoms with Crippen LogP contribution in [-0.4, -0.2) is 40.3 Å². The van der Waals surface area contributed by atoms with Crippen LogP contribution in [-0.2, 0) is 15.8 Å². The molecule has 2 atom stereocenters. The molecule has 2 aliphatic rings. The lowest BCUT2D eigenvalue weighted by Crippen LogP contribution is -2.37. The summed E-state index contributed by atoms with van der Waals surface area (Å²) in [7, 11) is 0. The molecule has 0 unspecified atom stereocenters. The number of benzene rings is 1. The molecule has 3 rings (SSSR count). The molecule has 0 saturated heterocycles. The smallest absolute Gasteiger partial charge is 0.419 e. The molecule has 0 radical (unpaired) electrons. The molecule has 0 aromatic heterocycles. The number of nitrogens with zero attached hydrogens (tertiary/aromatic N) is 2. The molecule has 2 heterocycles. The maximum atomic E-state index is 14.3. The number of carbonyl (C=O) groups excluding carboxylic acids is 1. The fourth-order valence-electron chi connectivity index (χ4n) is 3.20. The fourth-order valence-corrected chi connectivity index (χ4v) is 3.20. The average Bonchev–Trinajstić information content (AvgIpc) is 2.99. The fraction of sp³-hybridized carbons (Fsp3) is 0.316. The molecule has 1 aromatic rings. The molecule has 1 aromatic carbocycles. The summed E-state index contributed by atoms with van der Waals surface area (Å²) >= 11 is 0. The van der Waals surface area contributed by atoms with Crippen LogP contribution in [0.3, 0.4) is 0 Å². The van der Waals surface area contributed by atoms with E-state index < -0.39 is 35.5 Å². The van der Waals surface area contributed by atoms with Crippen molar-refractivity contribution in [2.75, 3.05) is 6.54 Å². The summed E-state index contributed by atoms with van der Waals surface area (Å²) in [5.41, 5.74) is -1.95. The number of fused-ring (bicyclic) bond motifs is 1. The number of halogens is 4. The SMILES string of the molecule is C[C@@H]1CN2C=C(C(=O)O)C=C(C(=O)N[C@H](C)c3cccc(C(F)(F)F)c3F)C2=N1. The van der Waals surface area contributed by atoms with Crippen LogP contribution >= 0.6 is 0 Å². The standard InChI is InChI=1S/C19H17F4N3O3/c1-9-7-26-8-11(18(28)29)6-13(16(26)24-9)17(27)25-10(2)12-4-3-5-14(15(12)20)19(21,22)23/h3-6,8-10H,7H2,1-2H3,(H,25,27)(H,28,29)/t9-,10-/m1/s1. The van der Waals surface area contributed by atoms with Crippen LogP contribution in [0.4, 0.5) is 17.6 Å². The first-order valence-electron chi connectivity index (χ1n) is 8.67. The Bertz CT molecular complexity index is 966. The minimum atomic E-state index is -4.87. The van der Waals surface area contributed by atoms with Crippen molar-refractivity contribution >= 4 is 17.7 Å². The van der Waals surface area contributed by atoms with Crippen molar-refractivity contribution in [1.82, 2.24) is 10.2 Å². The Morgan fingerprint density at radius 1 is 1.34 bits per heavy atom. The molecule has 2 N–H and O–H groups in total. The molecule has 29 heavy (non-hydrogen) atoms. The molecule has 154 valence electrons. The second kappa shape index (κ2) is 7.34. The number of carboxylic acids is 1. The van der Waals surface area contributed by atoms with Crippen molar-refractivity contribution in [1.29, 1.82) is 0 Å². The summed E-state index contributed by atoms with van der Waals surface area (Å²) in [5.74, 6) is -3.22. The maximum Gasteiger partial charge on any atom is 0.419 e. The van der Waals surface area contributed by atoms with Crippen molar-refractivity contribution in [3.05, 3.63) is 58.6 Å². The van der Waals surface area contributed by atoms with Gasteiger partial charge in [-0.25, -0.2) is 9.18 Å². The Hall–Kier alpha value is -3.17. The van der Waals surface area contributed by atoms with E-state index in [-0.39, 0.29) is 28.6 Å². The van der Waals surface area contributed by atoms with Crippen molar-refractivity contribution in [3.8, 4) is 0 Å². The monoisotopic (exact) mass is 411 g/mol. The molecule has 0 saturated carbocycles. The number of amidine groups is 1. The molecule has 1 amide bonds. The van der Waals surface area contributed by atoms with E-state index in [0.717, 1.165) is 18.2 Å². The van der Waals surface area contributed by atoms with Gasteiger partial charge in [-0.2, -0.15) is 13.2 Å². The van der Waals surface area contributed by atoms with Crippen molar-refractivity contribution in [2.24, 2.45) is 4.99 Å². The number of aliphatic carboxylic acids is 1. The Balaban J connectivity index is 1.89. The Morgan fingerprint density at radius 3 is 2.66 bits per heavy atom. The van der Waals surface area contributed by atoms with Crippen molar-refractivity contribution in [2.45, 2.75) is 32.1 Å². The number of rotatable bonds is 4. The number of carbonyl (C=O) groups is 2. The highest BCUT2D eigenvalue weighted by molar-refractivity contribution is 6.23. The van der Waals surface area contributed by atoms with Gasteiger partial charge in [-0.3, -0.25) is 9.79 Å². The highest BCUT2D eigenvalue weighted by Gasteiger charge is 2.36. The number of carboxylic acid groups (broad SMARTS) is 1. The molecular formula is C19H17F4N3O3. The minimum absolute atomic E-state index is 0.0477. The van der Waals surface area contributed by atoms with Gasteiger partial charge in [0.1, 0.15) is 11.7 Å². The van der Waals surface area contributed by atoms with E-state index >= 15 is 0 Å². The van der Waals surface area contributed by atoms with Crippen LogP contribution in [0.25, 0.3) is 0 Å². The summed E-state index contributed by atoms with van der Waals surface area (Å²) in [6.45, 7) is 3.51. The Morgan fingerprint density at radius 2 is 2.03 bits per heavy atom. The lowest BCUT2D eigenvalue weighted by molar-refractivity contribution is -0.140. The summed E-state index contributed by atoms with van der Waals surface area (Å²) < 4.78 is 53.1. The predicted molar refractivity (Wildman–Crippen MR) is 95.4 cm³/mol. The predicted octanol–water partition coefficient (Wildman–Crippen LogP) is 3.03. The van der Waals surface area contributed by atoms with Gasteiger partial charge in [0.25, 0.3) is 5.91 Å². The van der Waals surface area contributed by atoms with Gasteiger partial charge in [0.05, 0.1) is 28.8 Å². The zero-order chi connectivity index (χ0) is 21.5. The lowest BCUT2D eigenvalue weighted by Gasteiger charge is -2.24. The molecule has 0 fully saturated rings. The second-order valence-electron chi connectivity index (χ2n) is 6.80. The summed E-state index contributed by atoms with van der Waals surface area (Å²) in [5, 5.41) is 11.7. The third-order valence-electron chi connectivity index (χ3n) is 4.55. The molecule has 2 aliphatic heterocycles. The quantitative estimate of drug-likeness (QED) is 0.747. The topological polar surface area (TPSA) is 82.0 Å². The molecule has 0 spiro atoms. The minimum Gasteiger partial charge on any atom is -0.478 e. The van der Waals surface area contributed by atoms with Gasteiger partial charge in [0.2, 0.25) is 0 Å². The van der Waals surface area contributed by atoms with E-state index in [1.54, 1.807) is 6.92 Å². The first-order valence-corrected chi connectivity index (χ1v) is 8.67. The van der Waals surface area contributed by atoms with Crippen molar-refractivity contribution in [3.63, 3.8) is 0 Å². The zero-order valence-electron chi connectivity index (χ0n) is 15.4. The van der Waals surface area contributed by atoms with Crippen LogP contribution in [0.1, 0.15) is 31.0 Å². The van der Waals surface area contributed by atoms with E-state index in [4.69, 9.17) is 0 Å². The summed E-state index contributed by atoms with van der Waals surface area (Å²) in [6.07, 6.45) is -2.37. The number of alkyl halides is 3. The highest BCUT2D eigenvalue weighted by atomic mass is 19.4. The van der Waals surface area contributed by atoms with E-state index in [0.29, 0.717) is 12.6 Å². The van der Waals surface area contributed by atoms with Crippen LogP contribution in [0, 0.1) is 5.82 Å². The molecule has 0 aliphatic carbocycles. The van der Waals surface area contributed by atoms with Crippen LogP contribution in [0.2, 0.25) is 0 Å². The number of hydrogen-bond acceptors (Lipinski definition) is 4. The van der Waals surface area contributed by atoms with Gasteiger partial charge in [-0.1, -0.05) is 12.1 Å². The van der Waals surface area contributed by atoms with E-state index in [2.05, 4.69) is 10.3 Å². The van der Waals surface area contributed by atoms with Gasteiger partial charge in [0.15, 0.2) is 0 Å². The zero-order valence-corrected chi connectivity index (χ0v) is 15.4. The molecule has 6 nitrogen and oxygen atoms in total. The number of amides is 1. The Kier molecular flexibility index (Phi) is 5.20. The Labute approximate surface area is 163 Å². The maximum absolute atomic E-state index is 14.3. The van der Waals surface area contributed by atoms with Gasteiger partial charge in [-0.05, 0) is 26.0 Å². The summed E-state index contributed by atoms with van der Waals surface area (Å²) in [4.78, 5) is 29.9. The number of nitrogens with one attached hydrogen (secondary N) is 1. The summed E-state index contributed by atoms with van der Waals surface area (Å²) in [6, 6.07) is 1.55. The average molecular weight is 411 g/mol. The van der Waals surface area contributed by atoms with Gasteiger partial charge in [0, 0.05) is 18.3 Å². The largest absolute Gasteiger partial charge is 0.478 e. The number of aliphatic imine (C=N–C) groups is 1. The van der Waals surface area contributed by atoms with Gasteiger partial charge < -0.3 is 15.3 Å². The van der Waals surface area contributed by atoms with Gasteiger partial charge in [-0.15, -0.1) is 0 Å². The van der Waals surface area contributed by atoms with Crippen LogP contribution in [0.5, 0.6) is 0 Å². The highest BCUT2D eigenvalue weighted by Crippen LogP contribution is 2.34. The van der Waals surface area contributed by atoms with Crippen LogP contribution < -0.4 is 5.32 Å². The van der Waals surface area contributed by atoms with Crippen LogP contribution in [0.15, 0.2) is 46.6 Å². The normalized spacial score (nSPS) is 19.7. The first-order chi connectivity index (χ1) is 13.5. The molecule has 10 heteroatoms. The first kappa shape index (κ1) is 20.6. The second-order valence-corrected chi connectivity index (χ2v) is 6.80. The molecule has 0 bridgehead atoms. The number of hydrogen-bond donors (Lipinski definition) is 2. The third-order valence-corrected chi connectivity index (χ3v) is 4.55. The van der Waals surface area contributed by atoms with Gasteiger partial charge >= 0.3 is 12.1 Å². The molecular weight excluding hydrogens is 394 g/mol. The third kappa shape index (κ3) is 4.01. The van der Waals surface area contributed by atoms with E-state index in [9.17, 15) is 32.3 Å². The van der Waals surface area contributed by atoms with E-state index in [1.165, 1.54) is 18.0 Å². The van der Waals surface area contributed by atoms with E-state index in [1.807, 2.05) is 0 Å².